The first-order valence-electron chi connectivity index (χ1n) is 11.9. The number of benzene rings is 2. The summed E-state index contributed by atoms with van der Waals surface area (Å²) in [5.74, 6) is 0.752. The van der Waals surface area contributed by atoms with Crippen molar-refractivity contribution < 1.29 is 24.5 Å². The first kappa shape index (κ1) is 25.2. The van der Waals surface area contributed by atoms with Crippen molar-refractivity contribution in [3.8, 4) is 22.5 Å². The van der Waals surface area contributed by atoms with Gasteiger partial charge >= 0.3 is 0 Å². The second kappa shape index (κ2) is 10.9. The van der Waals surface area contributed by atoms with E-state index in [1.54, 1.807) is 17.5 Å². The van der Waals surface area contributed by atoms with Crippen LogP contribution in [0.2, 0.25) is 0 Å². The Morgan fingerprint density at radius 3 is 2.59 bits per heavy atom. The van der Waals surface area contributed by atoms with E-state index in [9.17, 15) is 0 Å². The van der Waals surface area contributed by atoms with Crippen molar-refractivity contribution in [2.24, 2.45) is 4.99 Å². The number of aryl methyl sites for hydroxylation is 2. The van der Waals surface area contributed by atoms with Gasteiger partial charge in [-0.3, -0.25) is 0 Å². The predicted octanol–water partition coefficient (Wildman–Crippen LogP) is 8.40. The topological polar surface area (TPSA) is 51.3 Å². The molecule has 37 heavy (non-hydrogen) atoms. The molecule has 0 N–H and O–H groups in total. The van der Waals surface area contributed by atoms with E-state index in [2.05, 4.69) is 58.5 Å². The summed E-state index contributed by atoms with van der Waals surface area (Å²) >= 11 is 1.73. The van der Waals surface area contributed by atoms with Gasteiger partial charge < -0.3 is 14.4 Å². The molecule has 0 amide bonds. The van der Waals surface area contributed by atoms with Crippen molar-refractivity contribution in [3.63, 3.8) is 0 Å². The predicted molar refractivity (Wildman–Crippen MR) is 148 cm³/mol. The molecule has 0 fully saturated rings. The number of rotatable bonds is 2. The number of aliphatic imine (C=N–C) groups is 1. The van der Waals surface area contributed by atoms with Crippen molar-refractivity contribution in [2.45, 2.75) is 26.7 Å². The van der Waals surface area contributed by atoms with Crippen LogP contribution in [0, 0.1) is 19.1 Å². The summed E-state index contributed by atoms with van der Waals surface area (Å²) in [6.07, 6.45) is 5.71. The normalized spacial score (nSPS) is 12.3. The summed E-state index contributed by atoms with van der Waals surface area (Å²) in [5.41, 5.74) is 8.30. The van der Waals surface area contributed by atoms with Gasteiger partial charge in [0.15, 0.2) is 0 Å². The number of pyridine rings is 2. The van der Waals surface area contributed by atoms with Crippen LogP contribution in [0.25, 0.3) is 43.6 Å². The van der Waals surface area contributed by atoms with Crippen LogP contribution in [0.5, 0.6) is 0 Å². The fraction of sp³-hybridized carbons (Fsp3) is 0.129. The fourth-order valence-electron chi connectivity index (χ4n) is 4.43. The van der Waals surface area contributed by atoms with Crippen LogP contribution in [-0.4, -0.2) is 15.7 Å². The maximum Gasteiger partial charge on any atom is 0.211 e. The van der Waals surface area contributed by atoms with Crippen LogP contribution >= 0.6 is 11.3 Å². The average Bonchev–Trinajstić information content (AvgIpc) is 3.49. The van der Waals surface area contributed by atoms with E-state index in [4.69, 9.17) is 4.42 Å². The molecule has 0 saturated carbocycles. The monoisotopic (exact) mass is 678 g/mol. The van der Waals surface area contributed by atoms with Gasteiger partial charge in [-0.1, -0.05) is 29.1 Å². The van der Waals surface area contributed by atoms with Crippen LogP contribution in [-0.2, 0) is 26.5 Å². The quantitative estimate of drug-likeness (QED) is 0.173. The molecule has 1 radical (unpaired) electrons. The van der Waals surface area contributed by atoms with Crippen molar-refractivity contribution in [2.75, 3.05) is 0 Å². The number of furan rings is 1. The Balaban J connectivity index is 0.000000183. The van der Waals surface area contributed by atoms with Gasteiger partial charge in [-0.25, -0.2) is 4.99 Å². The summed E-state index contributed by atoms with van der Waals surface area (Å²) in [4.78, 5) is 13.5. The van der Waals surface area contributed by atoms with E-state index in [0.29, 0.717) is 0 Å². The molecule has 5 heterocycles. The summed E-state index contributed by atoms with van der Waals surface area (Å²) in [5, 5.41) is 4.56. The van der Waals surface area contributed by atoms with Gasteiger partial charge in [0.2, 0.25) is 5.88 Å². The van der Waals surface area contributed by atoms with Crippen LogP contribution in [0.15, 0.2) is 87.8 Å². The Morgan fingerprint density at radius 1 is 0.892 bits per heavy atom. The zero-order valence-electron chi connectivity index (χ0n) is 20.4. The number of hydrogen-bond donors (Lipinski definition) is 0. The molecule has 0 aliphatic carbocycles. The standard InChI is InChI=1S/C20H15N2OS.C11H8N.Ir/c1-11-10-24-18-9-21-17(8-16(11)18)15-5-3-4-13-14-7-6-12(2)22-20(14)23-19(13)15;1-2-6-10(7-3-1)11-8-4-5-9-12-11;/h3-4,8-10H,6-7H2,1-2H3;1-6,8-9H;/q2*-1;. The van der Waals surface area contributed by atoms with Gasteiger partial charge in [-0.05, 0) is 60.5 Å². The molecule has 4 nitrogen and oxygen atoms in total. The van der Waals surface area contributed by atoms with Gasteiger partial charge in [-0.2, -0.15) is 0 Å². The Hall–Kier alpha value is -3.44. The minimum absolute atomic E-state index is 0. The number of fused-ring (bicyclic) bond motifs is 4. The molecule has 7 rings (SSSR count). The molecule has 1 aliphatic rings. The molecule has 0 unspecified atom stereocenters. The van der Waals surface area contributed by atoms with Crippen LogP contribution in [0.1, 0.15) is 24.5 Å². The summed E-state index contributed by atoms with van der Waals surface area (Å²) in [6.45, 7) is 4.19. The molecule has 185 valence electrons. The third-order valence-electron chi connectivity index (χ3n) is 6.32. The van der Waals surface area contributed by atoms with Gasteiger partial charge in [0, 0.05) is 43.8 Å². The largest absolute Gasteiger partial charge is 0.486 e. The zero-order chi connectivity index (χ0) is 24.5. The summed E-state index contributed by atoms with van der Waals surface area (Å²) in [6, 6.07) is 26.3. The Morgan fingerprint density at radius 2 is 1.78 bits per heavy atom. The van der Waals surface area contributed by atoms with Crippen LogP contribution < -0.4 is 0 Å². The molecule has 4 aromatic heterocycles. The Kier molecular flexibility index (Phi) is 7.43. The molecule has 0 spiro atoms. The maximum atomic E-state index is 6.11. The molecule has 1 aliphatic heterocycles. The van der Waals surface area contributed by atoms with Gasteiger partial charge in [-0.15, -0.1) is 65.4 Å². The first-order valence-corrected chi connectivity index (χ1v) is 12.8. The van der Waals surface area contributed by atoms with E-state index in [1.807, 2.05) is 54.7 Å². The number of thiophene rings is 1. The van der Waals surface area contributed by atoms with Gasteiger partial charge in [0.25, 0.3) is 0 Å². The van der Waals surface area contributed by atoms with E-state index in [-0.39, 0.29) is 20.1 Å². The number of nitrogens with zero attached hydrogens (tertiary/aromatic N) is 3. The second-order valence-corrected chi connectivity index (χ2v) is 9.72. The van der Waals surface area contributed by atoms with Crippen molar-refractivity contribution >= 4 is 44.0 Å². The molecule has 0 bridgehead atoms. The third-order valence-corrected chi connectivity index (χ3v) is 7.37. The van der Waals surface area contributed by atoms with Crippen molar-refractivity contribution in [3.05, 3.63) is 102 Å². The smallest absolute Gasteiger partial charge is 0.211 e. The third kappa shape index (κ3) is 5.05. The molecular weight excluding hydrogens is 655 g/mol. The van der Waals surface area contributed by atoms with Gasteiger partial charge in [0.05, 0.1) is 10.3 Å². The molecule has 0 atom stereocenters. The molecule has 2 aromatic carbocycles. The number of hydrogen-bond acceptors (Lipinski definition) is 5. The summed E-state index contributed by atoms with van der Waals surface area (Å²) in [7, 11) is 0. The van der Waals surface area contributed by atoms with Crippen LogP contribution in [0.4, 0.5) is 5.88 Å². The Bertz CT molecular complexity index is 1670. The first-order chi connectivity index (χ1) is 17.7. The van der Waals surface area contributed by atoms with E-state index in [1.165, 1.54) is 21.2 Å². The minimum Gasteiger partial charge on any atom is -0.486 e. The SMILES string of the molecule is CC1=Nc2oc3c(-c4cc5c(C)csc5cn4)[c-]ccc3c2CC1.[Ir].[c-]1ccccc1-c1ccccn1. The summed E-state index contributed by atoms with van der Waals surface area (Å²) < 4.78 is 7.32. The minimum atomic E-state index is 0. The average molecular weight is 678 g/mol. The van der Waals surface area contributed by atoms with E-state index >= 15 is 0 Å². The van der Waals surface area contributed by atoms with Gasteiger partial charge in [0.1, 0.15) is 0 Å². The van der Waals surface area contributed by atoms with E-state index < -0.39 is 0 Å². The van der Waals surface area contributed by atoms with Crippen LogP contribution in [0.3, 0.4) is 0 Å². The fourth-order valence-corrected chi connectivity index (χ4v) is 5.32. The second-order valence-electron chi connectivity index (χ2n) is 8.80. The van der Waals surface area contributed by atoms with Crippen molar-refractivity contribution in [1.29, 1.82) is 0 Å². The molecular formula is C31H23IrN3OS-2. The van der Waals surface area contributed by atoms with E-state index in [0.717, 1.165) is 57.9 Å². The molecule has 0 saturated heterocycles. The molecule has 6 heteroatoms. The maximum absolute atomic E-state index is 6.11. The molecule has 6 aromatic rings. The zero-order valence-corrected chi connectivity index (χ0v) is 23.6. The van der Waals surface area contributed by atoms with Crippen molar-refractivity contribution in [1.82, 2.24) is 9.97 Å². The Labute approximate surface area is 233 Å². The number of aromatic nitrogens is 2.